The molecule has 0 saturated carbocycles. The second-order valence-corrected chi connectivity index (χ2v) is 16.5. The highest BCUT2D eigenvalue weighted by Crippen LogP contribution is 2.59. The van der Waals surface area contributed by atoms with Crippen LogP contribution in [0, 0.1) is 33.5 Å². The van der Waals surface area contributed by atoms with Crippen molar-refractivity contribution in [1.82, 2.24) is 0 Å². The number of unbranched alkanes of at least 4 members (excludes halogenated alkanes) is 1. The number of benzene rings is 2. The van der Waals surface area contributed by atoms with Crippen LogP contribution in [0.5, 0.6) is 0 Å². The standard InChI is InChI=1S/C42H40N6O6/c1-39(2)17-29(49)33-31(19-39)53-35(45)25(21-43)41(33)23-11-5-7-13-27(23)47(37(41)51)15-9-10-16-48-28-14-8-6-12-24(28)42(38(48)52)26(22-44)36(46)54-32-20-40(3,4)18-30(50)34(32)42/h5-8,11-14H,9-10,15-20,45-46H2,1-4H3. The van der Waals surface area contributed by atoms with E-state index >= 15 is 0 Å². The van der Waals surface area contributed by atoms with Crippen molar-refractivity contribution in [1.29, 1.82) is 10.5 Å². The van der Waals surface area contributed by atoms with Crippen LogP contribution < -0.4 is 21.3 Å². The Morgan fingerprint density at radius 1 is 0.630 bits per heavy atom. The maximum atomic E-state index is 14.9. The summed E-state index contributed by atoms with van der Waals surface area (Å²) in [6, 6.07) is 18.5. The van der Waals surface area contributed by atoms with Crippen molar-refractivity contribution in [3.63, 3.8) is 0 Å². The average molecular weight is 725 g/mol. The van der Waals surface area contributed by atoms with Crippen LogP contribution in [0.3, 0.4) is 0 Å². The third-order valence-corrected chi connectivity index (χ3v) is 11.7. The summed E-state index contributed by atoms with van der Waals surface area (Å²) in [4.78, 5) is 60.8. The lowest BCUT2D eigenvalue weighted by atomic mass is 9.62. The summed E-state index contributed by atoms with van der Waals surface area (Å²) in [5.41, 5.74) is 10.7. The molecular weight excluding hydrogens is 684 g/mol. The summed E-state index contributed by atoms with van der Waals surface area (Å²) in [6.07, 6.45) is 1.96. The third-order valence-electron chi connectivity index (χ3n) is 11.7. The van der Waals surface area contributed by atoms with Gasteiger partial charge in [0.15, 0.2) is 11.6 Å². The van der Waals surface area contributed by atoms with Gasteiger partial charge >= 0.3 is 0 Å². The van der Waals surface area contributed by atoms with Crippen molar-refractivity contribution in [2.75, 3.05) is 22.9 Å². The smallest absolute Gasteiger partial charge is 0.247 e. The summed E-state index contributed by atoms with van der Waals surface area (Å²) < 4.78 is 11.8. The number of anilines is 2. The number of carbonyl (C=O) groups excluding carboxylic acids is 4. The number of nitrogens with two attached hydrogens (primary N) is 2. The predicted molar refractivity (Wildman–Crippen MR) is 196 cm³/mol. The fraction of sp³-hybridized carbons (Fsp3) is 0.381. The van der Waals surface area contributed by atoms with Crippen molar-refractivity contribution in [3.8, 4) is 12.1 Å². The maximum Gasteiger partial charge on any atom is 0.247 e. The molecule has 0 radical (unpaired) electrons. The van der Waals surface area contributed by atoms with E-state index in [1.165, 1.54) is 0 Å². The minimum atomic E-state index is -1.73. The highest BCUT2D eigenvalue weighted by Gasteiger charge is 2.64. The first-order chi connectivity index (χ1) is 25.6. The second-order valence-electron chi connectivity index (χ2n) is 16.5. The van der Waals surface area contributed by atoms with Crippen molar-refractivity contribution in [3.05, 3.63) is 105 Å². The Morgan fingerprint density at radius 3 is 1.37 bits per heavy atom. The summed E-state index contributed by atoms with van der Waals surface area (Å²) in [5, 5.41) is 20.9. The number of ketones is 2. The third kappa shape index (κ3) is 4.52. The molecule has 0 fully saturated rings. The molecule has 4 N–H and O–H groups in total. The largest absolute Gasteiger partial charge is 0.444 e. The van der Waals surface area contributed by atoms with Crippen LogP contribution in [0.25, 0.3) is 0 Å². The van der Waals surface area contributed by atoms with E-state index < -0.39 is 33.5 Å². The number of hydrogen-bond donors (Lipinski definition) is 2. The first kappa shape index (κ1) is 34.9. The molecule has 54 heavy (non-hydrogen) atoms. The van der Waals surface area contributed by atoms with Crippen molar-refractivity contribution in [2.45, 2.75) is 77.0 Å². The van der Waals surface area contributed by atoms with E-state index in [-0.39, 0.29) is 71.6 Å². The van der Waals surface area contributed by atoms with Gasteiger partial charge in [0.25, 0.3) is 0 Å². The molecule has 6 aliphatic rings. The molecule has 2 unspecified atom stereocenters. The molecule has 2 aromatic rings. The maximum absolute atomic E-state index is 14.9. The van der Waals surface area contributed by atoms with E-state index in [0.29, 0.717) is 59.7 Å². The molecule has 0 bridgehead atoms. The molecule has 0 saturated heterocycles. The minimum absolute atomic E-state index is 0.106. The highest BCUT2D eigenvalue weighted by atomic mass is 16.5. The first-order valence-corrected chi connectivity index (χ1v) is 18.2. The fourth-order valence-electron chi connectivity index (χ4n) is 9.66. The Bertz CT molecular complexity index is 2190. The molecule has 12 nitrogen and oxygen atoms in total. The van der Waals surface area contributed by atoms with Gasteiger partial charge in [-0.15, -0.1) is 0 Å². The normalized spacial score (nSPS) is 26.4. The SMILES string of the molecule is CC1(C)CC(=O)C2=C(C1)OC(N)=C(C#N)C21C(=O)N(CCCCN2C(=O)C3(C(C#N)=C(N)OC4=C3C(=O)CC(C)(C)C4)c3ccccc32)c2ccccc21. The summed E-state index contributed by atoms with van der Waals surface area (Å²) in [6.45, 7) is 8.21. The Labute approximate surface area is 313 Å². The van der Waals surface area contributed by atoms with Crippen LogP contribution in [0.15, 0.2) is 94.1 Å². The van der Waals surface area contributed by atoms with Crippen LogP contribution in [-0.2, 0) is 39.5 Å². The average Bonchev–Trinajstić information content (AvgIpc) is 3.47. The molecule has 2 amide bonds. The molecular formula is C42H40N6O6. The van der Waals surface area contributed by atoms with E-state index in [1.54, 1.807) is 58.3 Å². The van der Waals surface area contributed by atoms with Crippen LogP contribution in [0.2, 0.25) is 0 Å². The van der Waals surface area contributed by atoms with Gasteiger partial charge in [-0.3, -0.25) is 19.2 Å². The summed E-state index contributed by atoms with van der Waals surface area (Å²) >= 11 is 0. The number of ether oxygens (including phenoxy) is 2. The monoisotopic (exact) mass is 724 g/mol. The van der Waals surface area contributed by atoms with Gasteiger partial charge in [-0.1, -0.05) is 64.1 Å². The lowest BCUT2D eigenvalue weighted by Crippen LogP contribution is -2.50. The van der Waals surface area contributed by atoms with Crippen molar-refractivity contribution in [2.24, 2.45) is 22.3 Å². The Kier molecular flexibility index (Phi) is 7.55. The molecule has 12 heteroatoms. The number of nitriles is 2. The van der Waals surface area contributed by atoms with E-state index in [0.717, 1.165) is 0 Å². The van der Waals surface area contributed by atoms with Crippen molar-refractivity contribution < 1.29 is 28.7 Å². The lowest BCUT2D eigenvalue weighted by molar-refractivity contribution is -0.126. The van der Waals surface area contributed by atoms with Crippen LogP contribution >= 0.6 is 0 Å². The molecule has 4 aliphatic heterocycles. The second kappa shape index (κ2) is 11.7. The zero-order valence-corrected chi connectivity index (χ0v) is 30.7. The van der Waals surface area contributed by atoms with Crippen molar-refractivity contribution >= 4 is 34.8 Å². The molecule has 2 aliphatic carbocycles. The molecule has 8 rings (SSSR count). The molecule has 2 aromatic carbocycles. The number of nitrogens with zero attached hydrogens (tertiary/aromatic N) is 4. The zero-order valence-electron chi connectivity index (χ0n) is 30.7. The van der Waals surface area contributed by atoms with Gasteiger partial charge in [-0.25, -0.2) is 0 Å². The van der Waals surface area contributed by atoms with Crippen LogP contribution in [0.4, 0.5) is 11.4 Å². The number of rotatable bonds is 5. The van der Waals surface area contributed by atoms with E-state index in [2.05, 4.69) is 12.1 Å². The van der Waals surface area contributed by atoms with E-state index in [4.69, 9.17) is 20.9 Å². The highest BCUT2D eigenvalue weighted by molar-refractivity contribution is 6.21. The number of fused-ring (bicyclic) bond motifs is 6. The van der Waals surface area contributed by atoms with Gasteiger partial charge in [0.2, 0.25) is 23.6 Å². The fourth-order valence-corrected chi connectivity index (χ4v) is 9.66. The topological polar surface area (TPSA) is 193 Å². The van der Waals surface area contributed by atoms with Crippen LogP contribution in [0.1, 0.15) is 77.3 Å². The number of carbonyl (C=O) groups is 4. The predicted octanol–water partition coefficient (Wildman–Crippen LogP) is 5.07. The van der Waals surface area contributed by atoms with Gasteiger partial charge in [0.05, 0.1) is 11.1 Å². The molecule has 4 heterocycles. The quantitative estimate of drug-likeness (QED) is 0.394. The number of amides is 2. The van der Waals surface area contributed by atoms with Crippen LogP contribution in [-0.4, -0.2) is 36.5 Å². The molecule has 2 atom stereocenters. The van der Waals surface area contributed by atoms with Gasteiger partial charge in [-0.05, 0) is 35.8 Å². The number of allylic oxidation sites excluding steroid dienone is 2. The number of hydrogen-bond acceptors (Lipinski definition) is 10. The number of para-hydroxylation sites is 2. The Morgan fingerprint density at radius 2 is 1.00 bits per heavy atom. The Hall–Kier alpha value is -6.14. The van der Waals surface area contributed by atoms with Gasteiger partial charge < -0.3 is 30.7 Å². The van der Waals surface area contributed by atoms with E-state index in [9.17, 15) is 29.7 Å². The molecule has 274 valence electrons. The van der Waals surface area contributed by atoms with E-state index in [1.807, 2.05) is 27.7 Å². The summed E-state index contributed by atoms with van der Waals surface area (Å²) in [5.74, 6) is -1.17. The van der Waals surface area contributed by atoms with Gasteiger partial charge in [-0.2, -0.15) is 10.5 Å². The summed E-state index contributed by atoms with van der Waals surface area (Å²) in [7, 11) is 0. The van der Waals surface area contributed by atoms with Gasteiger partial charge in [0, 0.05) is 61.3 Å². The molecule has 0 aromatic heterocycles. The Balaban J connectivity index is 1.11. The first-order valence-electron chi connectivity index (χ1n) is 18.2. The number of Topliss-reactive ketones (excluding diaryl/α,β-unsaturated/α-hetero) is 2. The minimum Gasteiger partial charge on any atom is -0.444 e. The lowest BCUT2D eigenvalue weighted by Gasteiger charge is -2.41. The van der Waals surface area contributed by atoms with Gasteiger partial charge in [0.1, 0.15) is 45.6 Å². The zero-order chi connectivity index (χ0) is 38.5. The molecule has 2 spiro atoms.